The minimum Gasteiger partial charge on any atom is -0.332 e. The van der Waals surface area contributed by atoms with Crippen molar-refractivity contribution in [3.8, 4) is 0 Å². The molecule has 0 saturated carbocycles. The lowest BCUT2D eigenvalue weighted by Crippen LogP contribution is -2.38. The SMILES string of the molecule is O=C1N[C@H]2[C@H](CS(=S)(=S)[C@H]2CCCCC(=O)ON2C(=O)CCC2=O)N1. The summed E-state index contributed by atoms with van der Waals surface area (Å²) < 4.78 is 0. The third-order valence-electron chi connectivity index (χ3n) is 4.64. The Hall–Kier alpha value is -1.33. The van der Waals surface area contributed by atoms with Crippen molar-refractivity contribution in [2.45, 2.75) is 55.9 Å². The molecule has 138 valence electrons. The normalized spacial score (nSPS) is 30.2. The van der Waals surface area contributed by atoms with E-state index in [9.17, 15) is 19.2 Å². The molecule has 25 heavy (non-hydrogen) atoms. The monoisotopic (exact) mass is 405 g/mol. The summed E-state index contributed by atoms with van der Waals surface area (Å²) in [6.07, 6.45) is 2.27. The van der Waals surface area contributed by atoms with Crippen LogP contribution in [0.5, 0.6) is 0 Å². The number of unbranched alkanes of at least 4 members (excludes halogenated alkanes) is 1. The van der Waals surface area contributed by atoms with Gasteiger partial charge in [0.25, 0.3) is 11.8 Å². The summed E-state index contributed by atoms with van der Waals surface area (Å²) in [5.74, 6) is -0.901. The molecular weight excluding hydrogens is 386 g/mol. The lowest BCUT2D eigenvalue weighted by atomic mass is 10.0. The molecule has 0 aromatic rings. The lowest BCUT2D eigenvalue weighted by molar-refractivity contribution is -0.197. The average molecular weight is 406 g/mol. The zero-order valence-electron chi connectivity index (χ0n) is 13.4. The molecule has 2 N–H and O–H groups in total. The van der Waals surface area contributed by atoms with E-state index in [1.807, 2.05) is 0 Å². The van der Waals surface area contributed by atoms with Gasteiger partial charge in [0.15, 0.2) is 0 Å². The van der Waals surface area contributed by atoms with E-state index < -0.39 is 24.9 Å². The fourth-order valence-electron chi connectivity index (χ4n) is 3.43. The van der Waals surface area contributed by atoms with Gasteiger partial charge in [-0.15, -0.1) is 5.06 Å². The minimum absolute atomic E-state index is 0.0136. The minimum atomic E-state index is -1.63. The number of rotatable bonds is 6. The van der Waals surface area contributed by atoms with Gasteiger partial charge < -0.3 is 15.5 Å². The predicted molar refractivity (Wildman–Crippen MR) is 95.6 cm³/mol. The highest BCUT2D eigenvalue weighted by Gasteiger charge is 2.47. The standard InChI is InChI=1S/C14H19N3O5S3/c18-10-5-6-11(19)17(10)22-12(20)4-2-1-3-9-13-8(7-25(9,23)24)15-14(21)16-13/h8-9,13H,1-7H2,(H2,15,16,21)/t8-,9-,13-/m0/s1. The molecule has 3 atom stereocenters. The number of hydroxylamine groups is 2. The third-order valence-corrected chi connectivity index (χ3v) is 9.21. The van der Waals surface area contributed by atoms with Gasteiger partial charge in [0.2, 0.25) is 0 Å². The van der Waals surface area contributed by atoms with Gasteiger partial charge >= 0.3 is 12.0 Å². The first-order valence-corrected chi connectivity index (χ1v) is 11.8. The van der Waals surface area contributed by atoms with E-state index in [-0.39, 0.29) is 42.6 Å². The second-order valence-corrected chi connectivity index (χ2v) is 12.9. The van der Waals surface area contributed by atoms with Crippen molar-refractivity contribution >= 4 is 53.3 Å². The van der Waals surface area contributed by atoms with Crippen molar-refractivity contribution in [1.82, 2.24) is 15.7 Å². The third kappa shape index (κ3) is 3.93. The first kappa shape index (κ1) is 18.5. The van der Waals surface area contributed by atoms with Crippen LogP contribution >= 0.6 is 0 Å². The molecule has 3 fully saturated rings. The number of amides is 4. The molecule has 0 spiro atoms. The van der Waals surface area contributed by atoms with Crippen molar-refractivity contribution < 1.29 is 24.0 Å². The van der Waals surface area contributed by atoms with Gasteiger partial charge in [-0.05, 0) is 35.2 Å². The van der Waals surface area contributed by atoms with E-state index >= 15 is 0 Å². The van der Waals surface area contributed by atoms with Crippen LogP contribution in [0.2, 0.25) is 0 Å². The molecule has 0 aromatic carbocycles. The first-order valence-electron chi connectivity index (χ1n) is 8.13. The summed E-state index contributed by atoms with van der Waals surface area (Å²) in [6.45, 7) is 0. The fraction of sp³-hybridized carbons (Fsp3) is 0.714. The van der Waals surface area contributed by atoms with Gasteiger partial charge in [-0.3, -0.25) is 9.59 Å². The fourth-order valence-corrected chi connectivity index (χ4v) is 7.87. The molecule has 0 aliphatic carbocycles. The van der Waals surface area contributed by atoms with Gasteiger partial charge in [0, 0.05) is 30.3 Å². The molecular formula is C14H19N3O5S3. The van der Waals surface area contributed by atoms with Gasteiger partial charge in [-0.2, -0.15) is 0 Å². The van der Waals surface area contributed by atoms with Gasteiger partial charge in [-0.25, -0.2) is 9.59 Å². The van der Waals surface area contributed by atoms with Crippen LogP contribution in [-0.4, -0.2) is 52.0 Å². The van der Waals surface area contributed by atoms with Crippen LogP contribution in [0.25, 0.3) is 0 Å². The van der Waals surface area contributed by atoms with Gasteiger partial charge in [0.05, 0.1) is 12.1 Å². The Balaban J connectivity index is 1.43. The zero-order chi connectivity index (χ0) is 18.2. The number of carbonyl (C=O) groups is 4. The Morgan fingerprint density at radius 3 is 2.52 bits per heavy atom. The van der Waals surface area contributed by atoms with E-state index in [0.29, 0.717) is 23.7 Å². The summed E-state index contributed by atoms with van der Waals surface area (Å²) >= 11 is 11.2. The molecule has 3 heterocycles. The molecule has 0 aromatic heterocycles. The Bertz CT molecular complexity index is 707. The number of nitrogens with one attached hydrogen (secondary N) is 2. The Morgan fingerprint density at radius 2 is 1.84 bits per heavy atom. The summed E-state index contributed by atoms with van der Waals surface area (Å²) in [5, 5.41) is 6.38. The van der Waals surface area contributed by atoms with Crippen molar-refractivity contribution in [2.24, 2.45) is 0 Å². The van der Waals surface area contributed by atoms with E-state index in [4.69, 9.17) is 27.2 Å². The highest BCUT2D eigenvalue weighted by molar-refractivity contribution is 8.56. The quantitative estimate of drug-likeness (QED) is 0.354. The number of imide groups is 1. The summed E-state index contributed by atoms with van der Waals surface area (Å²) in [6, 6.07) is -0.188. The summed E-state index contributed by atoms with van der Waals surface area (Å²) in [5.41, 5.74) is 0. The number of urea groups is 1. The van der Waals surface area contributed by atoms with E-state index in [1.165, 1.54) is 0 Å². The maximum absolute atomic E-state index is 11.8. The summed E-state index contributed by atoms with van der Waals surface area (Å²) in [7, 11) is -1.63. The average Bonchev–Trinajstić information content (AvgIpc) is 3.09. The number of hydrogen-bond donors (Lipinski definition) is 2. The van der Waals surface area contributed by atoms with Crippen LogP contribution in [0.3, 0.4) is 0 Å². The second kappa shape index (κ2) is 7.12. The molecule has 3 aliphatic rings. The molecule has 0 unspecified atom stereocenters. The van der Waals surface area contributed by atoms with Gasteiger partial charge in [0.1, 0.15) is 0 Å². The predicted octanol–water partition coefficient (Wildman–Crippen LogP) is -0.336. The maximum Gasteiger partial charge on any atom is 0.333 e. The van der Waals surface area contributed by atoms with E-state index in [2.05, 4.69) is 10.6 Å². The van der Waals surface area contributed by atoms with Crippen LogP contribution in [-0.2, 0) is 48.7 Å². The number of nitrogens with zero attached hydrogens (tertiary/aromatic N) is 1. The molecule has 4 amide bonds. The van der Waals surface area contributed by atoms with E-state index in [0.717, 1.165) is 6.42 Å². The number of fused-ring (bicyclic) bond motifs is 1. The van der Waals surface area contributed by atoms with Crippen molar-refractivity contribution in [1.29, 1.82) is 0 Å². The maximum atomic E-state index is 11.8. The summed E-state index contributed by atoms with van der Waals surface area (Å²) in [4.78, 5) is 50.8. The Labute approximate surface area is 154 Å². The zero-order valence-corrected chi connectivity index (χ0v) is 15.8. The molecule has 0 bridgehead atoms. The van der Waals surface area contributed by atoms with Crippen molar-refractivity contribution in [2.75, 3.05) is 5.75 Å². The van der Waals surface area contributed by atoms with Crippen LogP contribution < -0.4 is 10.6 Å². The largest absolute Gasteiger partial charge is 0.333 e. The van der Waals surface area contributed by atoms with E-state index in [1.54, 1.807) is 0 Å². The highest BCUT2D eigenvalue weighted by atomic mass is 33.1. The Morgan fingerprint density at radius 1 is 1.16 bits per heavy atom. The van der Waals surface area contributed by atoms with Crippen molar-refractivity contribution in [3.63, 3.8) is 0 Å². The Kier molecular flexibility index (Phi) is 5.26. The molecule has 0 radical (unpaired) electrons. The smallest absolute Gasteiger partial charge is 0.332 e. The lowest BCUT2D eigenvalue weighted by Gasteiger charge is -2.19. The van der Waals surface area contributed by atoms with Gasteiger partial charge in [-0.1, -0.05) is 13.6 Å². The number of carbonyl (C=O) groups excluding carboxylic acids is 4. The molecule has 8 nitrogen and oxygen atoms in total. The molecule has 11 heteroatoms. The molecule has 3 rings (SSSR count). The molecule has 3 saturated heterocycles. The van der Waals surface area contributed by atoms with Crippen LogP contribution in [0.15, 0.2) is 0 Å². The first-order chi connectivity index (χ1) is 11.8. The van der Waals surface area contributed by atoms with Crippen LogP contribution in [0, 0.1) is 0 Å². The second-order valence-electron chi connectivity index (χ2n) is 6.41. The van der Waals surface area contributed by atoms with Crippen LogP contribution in [0.4, 0.5) is 4.79 Å². The van der Waals surface area contributed by atoms with Crippen LogP contribution in [0.1, 0.15) is 38.5 Å². The molecule has 3 aliphatic heterocycles. The topological polar surface area (TPSA) is 105 Å². The highest BCUT2D eigenvalue weighted by Crippen LogP contribution is 2.29. The number of hydrogen-bond acceptors (Lipinski definition) is 7. The van der Waals surface area contributed by atoms with Crippen molar-refractivity contribution in [3.05, 3.63) is 0 Å².